The fourth-order valence-corrected chi connectivity index (χ4v) is 2.77. The number of aromatic nitrogens is 3. The largest absolute Gasteiger partial charge is 0.444 e. The Morgan fingerprint density at radius 3 is 2.56 bits per heavy atom. The molecule has 1 saturated heterocycles. The monoisotopic (exact) mass is 372 g/mol. The Kier molecular flexibility index (Phi) is 4.77. The van der Waals surface area contributed by atoms with Crippen molar-refractivity contribution in [2.75, 3.05) is 18.4 Å². The van der Waals surface area contributed by atoms with Crippen LogP contribution >= 0.6 is 0 Å². The molecule has 0 aromatic carbocycles. The van der Waals surface area contributed by atoms with Crippen molar-refractivity contribution >= 4 is 23.4 Å². The molecule has 9 nitrogen and oxygen atoms in total. The molecule has 2 aromatic rings. The number of hydrogen-bond acceptors (Lipinski definition) is 6. The number of amides is 2. The minimum atomic E-state index is -0.619. The van der Waals surface area contributed by atoms with Gasteiger partial charge in [-0.05, 0) is 32.9 Å². The van der Waals surface area contributed by atoms with Crippen LogP contribution in [-0.2, 0) is 11.8 Å². The topological polar surface area (TPSA) is 115 Å². The van der Waals surface area contributed by atoms with Crippen LogP contribution in [0.5, 0.6) is 0 Å². The summed E-state index contributed by atoms with van der Waals surface area (Å²) in [7, 11) is 1.80. The quantitative estimate of drug-likeness (QED) is 0.848. The Balaban J connectivity index is 1.70. The van der Waals surface area contributed by atoms with Gasteiger partial charge >= 0.3 is 6.09 Å². The SMILES string of the molecule is Cn1cc(Nc2ccc(C3CN(C(=O)OC(C)(C)C)C3)nc2C(N)=O)cn1. The zero-order chi connectivity index (χ0) is 19.8. The van der Waals surface area contributed by atoms with E-state index < -0.39 is 11.5 Å². The number of nitrogens with two attached hydrogens (primary N) is 1. The van der Waals surface area contributed by atoms with Gasteiger partial charge in [-0.2, -0.15) is 5.10 Å². The molecule has 3 N–H and O–H groups in total. The molecule has 0 spiro atoms. The molecule has 2 aromatic heterocycles. The van der Waals surface area contributed by atoms with E-state index in [2.05, 4.69) is 15.4 Å². The maximum absolute atomic E-state index is 12.0. The van der Waals surface area contributed by atoms with Crippen LogP contribution in [0, 0.1) is 0 Å². The number of rotatable bonds is 4. The summed E-state index contributed by atoms with van der Waals surface area (Å²) in [6, 6.07) is 3.60. The van der Waals surface area contributed by atoms with Crippen LogP contribution in [0.3, 0.4) is 0 Å². The van der Waals surface area contributed by atoms with Crippen LogP contribution in [0.2, 0.25) is 0 Å². The van der Waals surface area contributed by atoms with E-state index in [0.717, 1.165) is 11.4 Å². The van der Waals surface area contributed by atoms with Crippen molar-refractivity contribution in [3.63, 3.8) is 0 Å². The van der Waals surface area contributed by atoms with E-state index in [0.29, 0.717) is 18.8 Å². The van der Waals surface area contributed by atoms with Gasteiger partial charge in [-0.25, -0.2) is 9.78 Å². The predicted molar refractivity (Wildman–Crippen MR) is 99.8 cm³/mol. The number of aryl methyl sites for hydroxylation is 1. The van der Waals surface area contributed by atoms with Gasteiger partial charge < -0.3 is 20.7 Å². The molecular formula is C18H24N6O3. The molecule has 0 atom stereocenters. The second-order valence-corrected chi connectivity index (χ2v) is 7.61. The molecule has 9 heteroatoms. The summed E-state index contributed by atoms with van der Waals surface area (Å²) in [6.07, 6.45) is 3.08. The third-order valence-corrected chi connectivity index (χ3v) is 4.09. The molecule has 2 amide bonds. The first-order valence-corrected chi connectivity index (χ1v) is 8.67. The fraction of sp³-hybridized carbons (Fsp3) is 0.444. The van der Waals surface area contributed by atoms with Crippen molar-refractivity contribution in [3.8, 4) is 0 Å². The van der Waals surface area contributed by atoms with E-state index in [1.165, 1.54) is 0 Å². The lowest BCUT2D eigenvalue weighted by Gasteiger charge is -2.39. The minimum Gasteiger partial charge on any atom is -0.444 e. The molecule has 1 fully saturated rings. The van der Waals surface area contributed by atoms with E-state index in [1.807, 2.05) is 26.8 Å². The molecule has 1 aliphatic rings. The Morgan fingerprint density at radius 1 is 1.30 bits per heavy atom. The van der Waals surface area contributed by atoms with Crippen LogP contribution in [0.25, 0.3) is 0 Å². The highest BCUT2D eigenvalue weighted by Gasteiger charge is 2.35. The van der Waals surface area contributed by atoms with Crippen molar-refractivity contribution in [2.45, 2.75) is 32.3 Å². The number of nitrogens with one attached hydrogen (secondary N) is 1. The van der Waals surface area contributed by atoms with Gasteiger partial charge in [0, 0.05) is 37.9 Å². The molecule has 3 rings (SSSR count). The van der Waals surface area contributed by atoms with Crippen LogP contribution in [-0.4, -0.2) is 50.4 Å². The molecule has 0 radical (unpaired) electrons. The molecule has 27 heavy (non-hydrogen) atoms. The zero-order valence-corrected chi connectivity index (χ0v) is 15.9. The number of carbonyl (C=O) groups is 2. The molecule has 144 valence electrons. The van der Waals surface area contributed by atoms with Gasteiger partial charge in [-0.3, -0.25) is 9.48 Å². The van der Waals surface area contributed by atoms with Crippen LogP contribution in [0.4, 0.5) is 16.2 Å². The summed E-state index contributed by atoms with van der Waals surface area (Å²) >= 11 is 0. The first-order chi connectivity index (χ1) is 12.6. The third kappa shape index (κ3) is 4.36. The predicted octanol–water partition coefficient (Wildman–Crippen LogP) is 1.99. The lowest BCUT2D eigenvalue weighted by Crippen LogP contribution is -2.50. The van der Waals surface area contributed by atoms with Gasteiger partial charge in [0.15, 0.2) is 5.69 Å². The number of hydrogen-bond donors (Lipinski definition) is 2. The van der Waals surface area contributed by atoms with Gasteiger partial charge in [0.25, 0.3) is 5.91 Å². The molecule has 0 saturated carbocycles. The second kappa shape index (κ2) is 6.90. The zero-order valence-electron chi connectivity index (χ0n) is 15.9. The molecular weight excluding hydrogens is 348 g/mol. The number of pyridine rings is 1. The van der Waals surface area contributed by atoms with E-state index in [9.17, 15) is 9.59 Å². The van der Waals surface area contributed by atoms with Crippen LogP contribution in [0.1, 0.15) is 42.9 Å². The number of likely N-dealkylation sites (tertiary alicyclic amines) is 1. The molecule has 0 unspecified atom stereocenters. The highest BCUT2D eigenvalue weighted by Crippen LogP contribution is 2.29. The van der Waals surface area contributed by atoms with Crippen molar-refractivity contribution in [2.24, 2.45) is 12.8 Å². The summed E-state index contributed by atoms with van der Waals surface area (Å²) in [6.45, 7) is 6.48. The van der Waals surface area contributed by atoms with Gasteiger partial charge in [0.1, 0.15) is 5.60 Å². The van der Waals surface area contributed by atoms with Gasteiger partial charge in [0.05, 0.1) is 17.6 Å². The molecule has 3 heterocycles. The maximum Gasteiger partial charge on any atom is 0.410 e. The first kappa shape index (κ1) is 18.7. The molecule has 0 aliphatic carbocycles. The van der Waals surface area contributed by atoms with E-state index in [-0.39, 0.29) is 17.7 Å². The maximum atomic E-state index is 12.0. The Hall–Kier alpha value is -3.10. The Morgan fingerprint density at radius 2 is 2.00 bits per heavy atom. The lowest BCUT2D eigenvalue weighted by molar-refractivity contribution is 0.00784. The van der Waals surface area contributed by atoms with Gasteiger partial charge in [-0.15, -0.1) is 0 Å². The number of nitrogens with zero attached hydrogens (tertiary/aromatic N) is 4. The Labute approximate surface area is 157 Å². The van der Waals surface area contributed by atoms with Gasteiger partial charge in [0.2, 0.25) is 0 Å². The normalized spacial score (nSPS) is 14.6. The average molecular weight is 372 g/mol. The molecule has 1 aliphatic heterocycles. The summed E-state index contributed by atoms with van der Waals surface area (Å²) in [5, 5.41) is 7.17. The third-order valence-electron chi connectivity index (χ3n) is 4.09. The summed E-state index contributed by atoms with van der Waals surface area (Å²) in [5.74, 6) is -0.574. The Bertz CT molecular complexity index is 864. The average Bonchev–Trinajstić information content (AvgIpc) is 2.90. The van der Waals surface area contributed by atoms with E-state index >= 15 is 0 Å². The van der Waals surface area contributed by atoms with Crippen LogP contribution < -0.4 is 11.1 Å². The summed E-state index contributed by atoms with van der Waals surface area (Å²) in [5.41, 5.74) is 7.10. The van der Waals surface area contributed by atoms with Crippen molar-refractivity contribution < 1.29 is 14.3 Å². The van der Waals surface area contributed by atoms with Crippen molar-refractivity contribution in [1.82, 2.24) is 19.7 Å². The molecule has 0 bridgehead atoms. The summed E-state index contributed by atoms with van der Waals surface area (Å²) in [4.78, 5) is 29.9. The number of anilines is 2. The van der Waals surface area contributed by atoms with Crippen molar-refractivity contribution in [1.29, 1.82) is 0 Å². The van der Waals surface area contributed by atoms with E-state index in [1.54, 1.807) is 35.1 Å². The van der Waals surface area contributed by atoms with Crippen LogP contribution in [0.15, 0.2) is 24.5 Å². The highest BCUT2D eigenvalue weighted by atomic mass is 16.6. The number of primary amides is 1. The number of ether oxygens (including phenoxy) is 1. The van der Waals surface area contributed by atoms with Gasteiger partial charge in [-0.1, -0.05) is 0 Å². The summed E-state index contributed by atoms with van der Waals surface area (Å²) < 4.78 is 7.00. The van der Waals surface area contributed by atoms with E-state index in [4.69, 9.17) is 10.5 Å². The smallest absolute Gasteiger partial charge is 0.410 e. The fourth-order valence-electron chi connectivity index (χ4n) is 2.77. The van der Waals surface area contributed by atoms with Crippen molar-refractivity contribution in [3.05, 3.63) is 35.9 Å². The number of carbonyl (C=O) groups excluding carboxylic acids is 2. The lowest BCUT2D eigenvalue weighted by atomic mass is 9.96. The minimum absolute atomic E-state index is 0.0445. The standard InChI is InChI=1S/C18H24N6O3/c1-18(2,3)27-17(26)24-8-11(9-24)13-5-6-14(15(22-13)16(19)25)21-12-7-20-23(4)10-12/h5-7,10-11,21H,8-9H2,1-4H3,(H2,19,25). The first-order valence-electron chi connectivity index (χ1n) is 8.67. The highest BCUT2D eigenvalue weighted by molar-refractivity contribution is 5.97. The second-order valence-electron chi connectivity index (χ2n) is 7.61.